The van der Waals surface area contributed by atoms with Gasteiger partial charge in [0.1, 0.15) is 0 Å². The zero-order valence-electron chi connectivity index (χ0n) is 13.2. The van der Waals surface area contributed by atoms with Gasteiger partial charge < -0.3 is 15.2 Å². The summed E-state index contributed by atoms with van der Waals surface area (Å²) in [5.41, 5.74) is 3.53. The maximum atomic E-state index is 9.78. The van der Waals surface area contributed by atoms with E-state index in [1.165, 1.54) is 11.1 Å². The molecule has 2 aromatic rings. The van der Waals surface area contributed by atoms with Crippen LogP contribution in [0.25, 0.3) is 11.1 Å². The van der Waals surface area contributed by atoms with Crippen molar-refractivity contribution in [2.75, 3.05) is 19.8 Å². The van der Waals surface area contributed by atoms with Gasteiger partial charge in [0.15, 0.2) is 0 Å². The first kappa shape index (κ1) is 16.6. The second-order valence-corrected chi connectivity index (χ2v) is 5.30. The molecule has 2 N–H and O–H groups in total. The first-order valence-corrected chi connectivity index (χ1v) is 7.70. The third kappa shape index (κ3) is 4.91. The zero-order chi connectivity index (χ0) is 15.8. The topological polar surface area (TPSA) is 54.4 Å². The Morgan fingerprint density at radius 3 is 2.36 bits per heavy atom. The summed E-state index contributed by atoms with van der Waals surface area (Å²) < 4.78 is 5.20. The van der Waals surface area contributed by atoms with Gasteiger partial charge in [-0.25, -0.2) is 0 Å². The van der Waals surface area contributed by atoms with E-state index in [4.69, 9.17) is 4.74 Å². The van der Waals surface area contributed by atoms with E-state index in [9.17, 15) is 5.11 Å². The van der Waals surface area contributed by atoms with Gasteiger partial charge >= 0.3 is 0 Å². The van der Waals surface area contributed by atoms with Crippen LogP contribution in [0.5, 0.6) is 0 Å². The molecule has 0 saturated heterocycles. The van der Waals surface area contributed by atoms with Crippen LogP contribution in [0.4, 0.5) is 0 Å². The van der Waals surface area contributed by atoms with Crippen molar-refractivity contribution >= 4 is 0 Å². The fourth-order valence-corrected chi connectivity index (χ4v) is 2.25. The Labute approximate surface area is 132 Å². The van der Waals surface area contributed by atoms with Crippen molar-refractivity contribution in [2.24, 2.45) is 0 Å². The molecule has 2 atom stereocenters. The second kappa shape index (κ2) is 8.63. The van der Waals surface area contributed by atoms with E-state index in [1.807, 2.05) is 19.1 Å². The molecule has 0 aliphatic rings. The summed E-state index contributed by atoms with van der Waals surface area (Å²) in [6.45, 7) is 5.54. The number of aromatic nitrogens is 1. The monoisotopic (exact) mass is 300 g/mol. The number of nitrogens with zero attached hydrogens (tertiary/aromatic N) is 1. The second-order valence-electron chi connectivity index (χ2n) is 5.30. The number of pyridine rings is 1. The Hall–Kier alpha value is -1.75. The molecule has 118 valence electrons. The molecular weight excluding hydrogens is 276 g/mol. The van der Waals surface area contributed by atoms with E-state index < -0.39 is 6.10 Å². The predicted octanol–water partition coefficient (Wildman–Crippen LogP) is 2.80. The van der Waals surface area contributed by atoms with E-state index in [0.717, 1.165) is 5.56 Å². The van der Waals surface area contributed by atoms with Gasteiger partial charge in [0.25, 0.3) is 0 Å². The van der Waals surface area contributed by atoms with E-state index >= 15 is 0 Å². The molecule has 0 aliphatic carbocycles. The molecule has 0 radical (unpaired) electrons. The summed E-state index contributed by atoms with van der Waals surface area (Å²) in [5, 5.41) is 13.1. The van der Waals surface area contributed by atoms with Crippen molar-refractivity contribution in [3.8, 4) is 11.1 Å². The highest BCUT2D eigenvalue weighted by molar-refractivity contribution is 5.62. The number of hydrogen-bond acceptors (Lipinski definition) is 4. The minimum Gasteiger partial charge on any atom is -0.389 e. The van der Waals surface area contributed by atoms with Gasteiger partial charge in [-0.05, 0) is 42.7 Å². The largest absolute Gasteiger partial charge is 0.389 e. The number of nitrogens with one attached hydrogen (secondary N) is 1. The minimum absolute atomic E-state index is 0.183. The molecule has 0 saturated carbocycles. The molecule has 0 fully saturated rings. The number of hydrogen-bond donors (Lipinski definition) is 2. The van der Waals surface area contributed by atoms with Crippen LogP contribution in [-0.4, -0.2) is 36.0 Å². The quantitative estimate of drug-likeness (QED) is 0.787. The van der Waals surface area contributed by atoms with Gasteiger partial charge in [0.2, 0.25) is 0 Å². The number of aliphatic hydroxyl groups is 1. The lowest BCUT2D eigenvalue weighted by Crippen LogP contribution is -2.32. The molecule has 4 nitrogen and oxygen atoms in total. The molecular formula is C18H24N2O2. The normalized spacial score (nSPS) is 13.8. The molecule has 1 heterocycles. The van der Waals surface area contributed by atoms with Crippen LogP contribution < -0.4 is 5.32 Å². The van der Waals surface area contributed by atoms with Crippen LogP contribution >= 0.6 is 0 Å². The fourth-order valence-electron chi connectivity index (χ4n) is 2.25. The average Bonchev–Trinajstić information content (AvgIpc) is 2.58. The smallest absolute Gasteiger partial charge is 0.0897 e. The highest BCUT2D eigenvalue weighted by Gasteiger charge is 2.09. The van der Waals surface area contributed by atoms with E-state index in [1.54, 1.807) is 12.4 Å². The minimum atomic E-state index is -0.474. The lowest BCUT2D eigenvalue weighted by molar-refractivity contribution is 0.0416. The molecule has 0 spiro atoms. The van der Waals surface area contributed by atoms with Crippen LogP contribution in [-0.2, 0) is 4.74 Å². The van der Waals surface area contributed by atoms with Crippen LogP contribution in [0, 0.1) is 0 Å². The van der Waals surface area contributed by atoms with Crippen molar-refractivity contribution in [1.29, 1.82) is 0 Å². The Morgan fingerprint density at radius 1 is 1.09 bits per heavy atom. The molecule has 0 aliphatic heterocycles. The van der Waals surface area contributed by atoms with Gasteiger partial charge in [-0.2, -0.15) is 0 Å². The van der Waals surface area contributed by atoms with Crippen LogP contribution in [0.1, 0.15) is 25.5 Å². The summed E-state index contributed by atoms with van der Waals surface area (Å²) in [6, 6.07) is 12.6. The summed E-state index contributed by atoms with van der Waals surface area (Å²) in [5.74, 6) is 0. The molecule has 0 amide bonds. The number of aliphatic hydroxyl groups excluding tert-OH is 1. The van der Waals surface area contributed by atoms with Crippen LogP contribution in [0.2, 0.25) is 0 Å². The highest BCUT2D eigenvalue weighted by atomic mass is 16.5. The Balaban J connectivity index is 1.90. The maximum Gasteiger partial charge on any atom is 0.0897 e. The lowest BCUT2D eigenvalue weighted by Gasteiger charge is -2.17. The lowest BCUT2D eigenvalue weighted by atomic mass is 10.0. The van der Waals surface area contributed by atoms with E-state index in [2.05, 4.69) is 41.5 Å². The summed E-state index contributed by atoms with van der Waals surface area (Å²) in [7, 11) is 0. The SMILES string of the molecule is CCOCC(O)CNC(C)c1ccc(-c2ccncc2)cc1. The molecule has 1 aromatic heterocycles. The van der Waals surface area contributed by atoms with Crippen molar-refractivity contribution in [3.05, 3.63) is 54.4 Å². The zero-order valence-corrected chi connectivity index (χ0v) is 13.2. The van der Waals surface area contributed by atoms with Gasteiger partial charge in [0, 0.05) is 31.6 Å². The van der Waals surface area contributed by atoms with Gasteiger partial charge in [-0.1, -0.05) is 24.3 Å². The first-order chi connectivity index (χ1) is 10.7. The van der Waals surface area contributed by atoms with Crippen molar-refractivity contribution in [3.63, 3.8) is 0 Å². The van der Waals surface area contributed by atoms with Crippen molar-refractivity contribution in [2.45, 2.75) is 26.0 Å². The molecule has 2 rings (SSSR count). The Bertz CT molecular complexity index is 543. The molecule has 1 aromatic carbocycles. The van der Waals surface area contributed by atoms with Gasteiger partial charge in [-0.15, -0.1) is 0 Å². The Kier molecular flexibility index (Phi) is 6.52. The Morgan fingerprint density at radius 2 is 1.73 bits per heavy atom. The molecule has 4 heteroatoms. The summed E-state index contributed by atoms with van der Waals surface area (Å²) in [4.78, 5) is 4.03. The van der Waals surface area contributed by atoms with Crippen molar-refractivity contribution in [1.82, 2.24) is 10.3 Å². The van der Waals surface area contributed by atoms with Crippen molar-refractivity contribution < 1.29 is 9.84 Å². The summed E-state index contributed by atoms with van der Waals surface area (Å²) in [6.07, 6.45) is 3.12. The highest BCUT2D eigenvalue weighted by Crippen LogP contribution is 2.21. The third-order valence-corrected chi connectivity index (χ3v) is 3.60. The average molecular weight is 300 g/mol. The first-order valence-electron chi connectivity index (χ1n) is 7.70. The van der Waals surface area contributed by atoms with Gasteiger partial charge in [-0.3, -0.25) is 4.98 Å². The number of benzene rings is 1. The van der Waals surface area contributed by atoms with Gasteiger partial charge in [0.05, 0.1) is 12.7 Å². The summed E-state index contributed by atoms with van der Waals surface area (Å²) >= 11 is 0. The predicted molar refractivity (Wildman–Crippen MR) is 88.6 cm³/mol. The van der Waals surface area contributed by atoms with Crippen LogP contribution in [0.3, 0.4) is 0 Å². The maximum absolute atomic E-state index is 9.78. The molecule has 22 heavy (non-hydrogen) atoms. The van der Waals surface area contributed by atoms with E-state index in [0.29, 0.717) is 19.8 Å². The number of rotatable bonds is 8. The molecule has 2 unspecified atom stereocenters. The third-order valence-electron chi connectivity index (χ3n) is 3.60. The fraction of sp³-hybridized carbons (Fsp3) is 0.389. The standard InChI is InChI=1S/C18H24N2O2/c1-3-22-13-18(21)12-20-14(2)15-4-6-16(7-5-15)17-8-10-19-11-9-17/h4-11,14,18,20-21H,3,12-13H2,1-2H3. The van der Waals surface area contributed by atoms with E-state index in [-0.39, 0.29) is 6.04 Å². The molecule has 0 bridgehead atoms. The van der Waals surface area contributed by atoms with Crippen LogP contribution in [0.15, 0.2) is 48.8 Å². The number of ether oxygens (including phenoxy) is 1.